The lowest BCUT2D eigenvalue weighted by Crippen LogP contribution is -2.35. The van der Waals surface area contributed by atoms with E-state index in [1.807, 2.05) is 24.3 Å². The van der Waals surface area contributed by atoms with Crippen molar-refractivity contribution in [1.82, 2.24) is 24.6 Å². The van der Waals surface area contributed by atoms with Gasteiger partial charge < -0.3 is 14.6 Å². The van der Waals surface area contributed by atoms with E-state index in [1.54, 1.807) is 16.8 Å². The van der Waals surface area contributed by atoms with Crippen LogP contribution in [0.1, 0.15) is 22.5 Å². The maximum atomic E-state index is 14.1. The van der Waals surface area contributed by atoms with Gasteiger partial charge in [-0.1, -0.05) is 0 Å². The number of fused-ring (bicyclic) bond motifs is 1. The van der Waals surface area contributed by atoms with Gasteiger partial charge in [0.2, 0.25) is 0 Å². The lowest BCUT2D eigenvalue weighted by Gasteiger charge is -2.21. The molecular formula is C20H24FN5O2. The third-order valence-electron chi connectivity index (χ3n) is 5.19. The Bertz CT molecular complexity index is 996. The fraction of sp³-hybridized carbons (Fsp3) is 0.400. The van der Waals surface area contributed by atoms with Gasteiger partial charge in [0.15, 0.2) is 0 Å². The van der Waals surface area contributed by atoms with Crippen molar-refractivity contribution in [1.29, 1.82) is 0 Å². The number of ether oxygens (including phenoxy) is 1. The molecule has 4 rings (SSSR count). The second kappa shape index (κ2) is 7.63. The molecule has 1 aliphatic heterocycles. The third kappa shape index (κ3) is 3.60. The van der Waals surface area contributed by atoms with Gasteiger partial charge in [-0.25, -0.2) is 4.39 Å². The molecule has 28 heavy (non-hydrogen) atoms. The van der Waals surface area contributed by atoms with Gasteiger partial charge in [0, 0.05) is 56.9 Å². The number of aryl methyl sites for hydroxylation is 1. The molecule has 8 heteroatoms. The molecule has 0 aliphatic carbocycles. The van der Waals surface area contributed by atoms with Crippen LogP contribution in [0.15, 0.2) is 30.6 Å². The molecule has 1 amide bonds. The minimum atomic E-state index is -0.395. The van der Waals surface area contributed by atoms with Crippen molar-refractivity contribution in [3.8, 4) is 5.75 Å². The molecule has 0 saturated carbocycles. The van der Waals surface area contributed by atoms with Crippen LogP contribution < -0.4 is 4.74 Å². The van der Waals surface area contributed by atoms with E-state index in [0.29, 0.717) is 35.4 Å². The first kappa shape index (κ1) is 18.5. The number of nitrogens with one attached hydrogen (secondary N) is 1. The van der Waals surface area contributed by atoms with E-state index in [4.69, 9.17) is 4.74 Å². The van der Waals surface area contributed by atoms with E-state index in [-0.39, 0.29) is 5.91 Å². The summed E-state index contributed by atoms with van der Waals surface area (Å²) >= 11 is 0. The summed E-state index contributed by atoms with van der Waals surface area (Å²) in [4.78, 5) is 20.1. The largest absolute Gasteiger partial charge is 0.496 e. The minimum absolute atomic E-state index is 0.110. The molecule has 1 N–H and O–H groups in total. The summed E-state index contributed by atoms with van der Waals surface area (Å²) in [6.07, 6.45) is 4.78. The summed E-state index contributed by atoms with van der Waals surface area (Å²) in [6, 6.07) is 4.59. The van der Waals surface area contributed by atoms with Crippen LogP contribution in [-0.2, 0) is 13.6 Å². The maximum Gasteiger partial charge on any atom is 0.270 e. The van der Waals surface area contributed by atoms with Crippen molar-refractivity contribution in [3.05, 3.63) is 47.7 Å². The highest BCUT2D eigenvalue weighted by molar-refractivity contribution is 5.99. The average molecular weight is 385 g/mol. The van der Waals surface area contributed by atoms with Gasteiger partial charge in [-0.3, -0.25) is 14.4 Å². The molecule has 3 heterocycles. The van der Waals surface area contributed by atoms with Crippen molar-refractivity contribution in [2.45, 2.75) is 13.0 Å². The molecule has 0 unspecified atom stereocenters. The molecule has 2 aromatic heterocycles. The van der Waals surface area contributed by atoms with Gasteiger partial charge >= 0.3 is 0 Å². The molecule has 1 aliphatic rings. The van der Waals surface area contributed by atoms with Crippen molar-refractivity contribution < 1.29 is 13.9 Å². The van der Waals surface area contributed by atoms with E-state index in [0.717, 1.165) is 26.1 Å². The Balaban J connectivity index is 1.48. The number of hydrogen-bond acceptors (Lipinski definition) is 4. The SMILES string of the molecule is COc1ccc(F)c2[nH]c(C(=O)N3CCCN(Cc4cnn(C)c4)CC3)cc12. The first-order valence-corrected chi connectivity index (χ1v) is 9.39. The zero-order valence-electron chi connectivity index (χ0n) is 16.1. The Hall–Kier alpha value is -2.87. The highest BCUT2D eigenvalue weighted by atomic mass is 19.1. The van der Waals surface area contributed by atoms with E-state index < -0.39 is 5.82 Å². The second-order valence-corrected chi connectivity index (χ2v) is 7.17. The number of carbonyl (C=O) groups is 1. The second-order valence-electron chi connectivity index (χ2n) is 7.17. The molecule has 0 radical (unpaired) electrons. The molecule has 148 valence electrons. The Morgan fingerprint density at radius 1 is 1.29 bits per heavy atom. The molecule has 0 spiro atoms. The topological polar surface area (TPSA) is 66.4 Å². The Kier molecular flexibility index (Phi) is 5.04. The standard InChI is InChI=1S/C20H24FN5O2/c1-24-12-14(11-22-24)13-25-6-3-7-26(9-8-25)20(27)17-10-15-18(28-2)5-4-16(21)19(15)23-17/h4-5,10-12,23H,3,6-9,13H2,1-2H3. The van der Waals surface area contributed by atoms with Crippen LogP contribution in [0.5, 0.6) is 5.75 Å². The molecule has 1 aromatic carbocycles. The zero-order chi connectivity index (χ0) is 19.7. The predicted molar refractivity (Wildman–Crippen MR) is 104 cm³/mol. The highest BCUT2D eigenvalue weighted by Gasteiger charge is 2.23. The Morgan fingerprint density at radius 2 is 2.14 bits per heavy atom. The van der Waals surface area contributed by atoms with Crippen LogP contribution in [0.2, 0.25) is 0 Å². The molecule has 1 fully saturated rings. The van der Waals surface area contributed by atoms with E-state index in [9.17, 15) is 9.18 Å². The molecular weight excluding hydrogens is 361 g/mol. The van der Waals surface area contributed by atoms with Gasteiger partial charge in [0.05, 0.1) is 18.8 Å². The number of amides is 1. The zero-order valence-corrected chi connectivity index (χ0v) is 16.1. The number of aromatic amines is 1. The van der Waals surface area contributed by atoms with Crippen molar-refractivity contribution in [2.75, 3.05) is 33.3 Å². The minimum Gasteiger partial charge on any atom is -0.496 e. The lowest BCUT2D eigenvalue weighted by atomic mass is 10.2. The van der Waals surface area contributed by atoms with Crippen LogP contribution in [0.25, 0.3) is 10.9 Å². The smallest absolute Gasteiger partial charge is 0.270 e. The van der Waals surface area contributed by atoms with Gasteiger partial charge in [-0.15, -0.1) is 0 Å². The summed E-state index contributed by atoms with van der Waals surface area (Å²) in [6.45, 7) is 3.85. The quantitative estimate of drug-likeness (QED) is 0.749. The summed E-state index contributed by atoms with van der Waals surface area (Å²) in [7, 11) is 3.44. The molecule has 0 atom stereocenters. The van der Waals surface area contributed by atoms with Crippen LogP contribution >= 0.6 is 0 Å². The fourth-order valence-electron chi connectivity index (χ4n) is 3.77. The van der Waals surface area contributed by atoms with E-state index in [2.05, 4.69) is 15.0 Å². The number of halogens is 1. The number of rotatable bonds is 4. The summed E-state index contributed by atoms with van der Waals surface area (Å²) in [5.74, 6) is 0.0412. The molecule has 1 saturated heterocycles. The normalized spacial score (nSPS) is 15.8. The third-order valence-corrected chi connectivity index (χ3v) is 5.19. The van der Waals surface area contributed by atoms with Crippen molar-refractivity contribution in [3.63, 3.8) is 0 Å². The molecule has 3 aromatic rings. The summed E-state index contributed by atoms with van der Waals surface area (Å²) < 4.78 is 21.2. The van der Waals surface area contributed by atoms with Gasteiger partial charge in [0.1, 0.15) is 17.3 Å². The summed E-state index contributed by atoms with van der Waals surface area (Å²) in [5.41, 5.74) is 1.86. The number of benzene rings is 1. The maximum absolute atomic E-state index is 14.1. The van der Waals surface area contributed by atoms with Crippen molar-refractivity contribution in [2.24, 2.45) is 7.05 Å². The van der Waals surface area contributed by atoms with Gasteiger partial charge in [-0.05, 0) is 24.6 Å². The Morgan fingerprint density at radius 3 is 2.89 bits per heavy atom. The number of hydrogen-bond donors (Lipinski definition) is 1. The number of aromatic nitrogens is 3. The first-order valence-electron chi connectivity index (χ1n) is 9.39. The molecule has 7 nitrogen and oxygen atoms in total. The summed E-state index contributed by atoms with van der Waals surface area (Å²) in [5, 5.41) is 4.79. The van der Waals surface area contributed by atoms with Crippen LogP contribution in [0.4, 0.5) is 4.39 Å². The fourth-order valence-corrected chi connectivity index (χ4v) is 3.77. The van der Waals surface area contributed by atoms with Gasteiger partial charge in [-0.2, -0.15) is 5.10 Å². The van der Waals surface area contributed by atoms with Gasteiger partial charge in [0.25, 0.3) is 5.91 Å². The average Bonchev–Trinajstić information content (AvgIpc) is 3.24. The number of methoxy groups -OCH3 is 1. The van der Waals surface area contributed by atoms with Crippen LogP contribution in [0.3, 0.4) is 0 Å². The number of carbonyl (C=O) groups excluding carboxylic acids is 1. The first-order chi connectivity index (χ1) is 13.5. The predicted octanol–water partition coefficient (Wildman–Crippen LogP) is 2.40. The van der Waals surface area contributed by atoms with E-state index in [1.165, 1.54) is 18.7 Å². The lowest BCUT2D eigenvalue weighted by molar-refractivity contribution is 0.0756. The van der Waals surface area contributed by atoms with Crippen molar-refractivity contribution >= 4 is 16.8 Å². The highest BCUT2D eigenvalue weighted by Crippen LogP contribution is 2.29. The van der Waals surface area contributed by atoms with Crippen LogP contribution in [0, 0.1) is 5.82 Å². The Labute approximate surface area is 162 Å². The number of nitrogens with zero attached hydrogens (tertiary/aromatic N) is 4. The van der Waals surface area contributed by atoms with Crippen LogP contribution in [-0.4, -0.2) is 63.8 Å². The van der Waals surface area contributed by atoms with E-state index >= 15 is 0 Å². The monoisotopic (exact) mass is 385 g/mol. The molecule has 0 bridgehead atoms. The number of H-pyrrole nitrogens is 1.